The predicted octanol–water partition coefficient (Wildman–Crippen LogP) is 2.30. The van der Waals surface area contributed by atoms with Gasteiger partial charge < -0.3 is 10.2 Å². The summed E-state index contributed by atoms with van der Waals surface area (Å²) < 4.78 is 0. The van der Waals surface area contributed by atoms with Crippen LogP contribution in [0.1, 0.15) is 38.5 Å². The second-order valence-electron chi connectivity index (χ2n) is 8.74. The van der Waals surface area contributed by atoms with E-state index < -0.39 is 0 Å². The molecular weight excluding hydrogens is 366 g/mol. The molecule has 0 unspecified atom stereocenters. The van der Waals surface area contributed by atoms with Gasteiger partial charge in [-0.25, -0.2) is 0 Å². The number of nitrogens with zero attached hydrogens (tertiary/aromatic N) is 3. The number of carbonyl (C=O) groups excluding carboxylic acids is 2. The third-order valence-electron chi connectivity index (χ3n) is 6.97. The molecule has 0 radical (unpaired) electrons. The fraction of sp³-hybridized carbons (Fsp3) is 0.591. The van der Waals surface area contributed by atoms with Gasteiger partial charge in [0.2, 0.25) is 11.8 Å². The molecule has 3 aliphatic rings. The van der Waals surface area contributed by atoms with Gasteiger partial charge in [0.15, 0.2) is 5.82 Å². The van der Waals surface area contributed by atoms with Gasteiger partial charge in [-0.3, -0.25) is 19.6 Å². The molecule has 2 aromatic rings. The zero-order valence-corrected chi connectivity index (χ0v) is 16.8. The summed E-state index contributed by atoms with van der Waals surface area (Å²) in [6.45, 7) is 3.55. The van der Waals surface area contributed by atoms with E-state index in [0.29, 0.717) is 24.3 Å². The first kappa shape index (κ1) is 18.6. The maximum absolute atomic E-state index is 12.8. The summed E-state index contributed by atoms with van der Waals surface area (Å²) in [5.41, 5.74) is 0.900. The molecule has 3 saturated heterocycles. The minimum Gasteiger partial charge on any atom is -0.355 e. The number of hydrogen-bond acceptors (Lipinski definition) is 4. The van der Waals surface area contributed by atoms with Gasteiger partial charge in [0.1, 0.15) is 0 Å². The van der Waals surface area contributed by atoms with Crippen LogP contribution in [0.5, 0.6) is 0 Å². The third kappa shape index (κ3) is 3.52. The number of hydrogen-bond donors (Lipinski definition) is 2. The van der Waals surface area contributed by atoms with Crippen LogP contribution in [0.3, 0.4) is 0 Å². The second-order valence-corrected chi connectivity index (χ2v) is 8.74. The van der Waals surface area contributed by atoms with Crippen molar-refractivity contribution in [3.8, 4) is 0 Å². The van der Waals surface area contributed by atoms with Gasteiger partial charge in [-0.15, -0.1) is 0 Å². The van der Waals surface area contributed by atoms with Crippen molar-refractivity contribution in [3.05, 3.63) is 24.3 Å². The smallest absolute Gasteiger partial charge is 0.229 e. The fourth-order valence-corrected chi connectivity index (χ4v) is 5.43. The van der Waals surface area contributed by atoms with Crippen LogP contribution in [0.4, 0.5) is 5.82 Å². The lowest BCUT2D eigenvalue weighted by molar-refractivity contribution is -0.126. The normalized spacial score (nSPS) is 27.9. The van der Waals surface area contributed by atoms with Crippen molar-refractivity contribution < 1.29 is 9.59 Å². The molecule has 1 aromatic heterocycles. The average Bonchev–Trinajstić information content (AvgIpc) is 3.35. The van der Waals surface area contributed by atoms with Crippen molar-refractivity contribution in [1.29, 1.82) is 0 Å². The number of para-hydroxylation sites is 1. The van der Waals surface area contributed by atoms with Gasteiger partial charge >= 0.3 is 0 Å². The Labute approximate surface area is 170 Å². The predicted molar refractivity (Wildman–Crippen MR) is 111 cm³/mol. The molecule has 0 bridgehead atoms. The van der Waals surface area contributed by atoms with Gasteiger partial charge in [0.05, 0.1) is 11.4 Å². The van der Waals surface area contributed by atoms with Gasteiger partial charge in [0, 0.05) is 30.9 Å². The number of aromatic amines is 1. The van der Waals surface area contributed by atoms with Crippen LogP contribution in [-0.2, 0) is 9.59 Å². The molecule has 29 heavy (non-hydrogen) atoms. The number of aromatic nitrogens is 2. The highest BCUT2D eigenvalue weighted by atomic mass is 16.2. The fourth-order valence-electron chi connectivity index (χ4n) is 5.43. The Bertz CT molecular complexity index is 907. The number of rotatable bonds is 4. The molecular formula is C22H29N5O2. The maximum atomic E-state index is 12.8. The van der Waals surface area contributed by atoms with Crippen LogP contribution in [0.15, 0.2) is 24.3 Å². The van der Waals surface area contributed by atoms with Crippen LogP contribution in [0.25, 0.3) is 10.9 Å². The van der Waals surface area contributed by atoms with Gasteiger partial charge in [-0.1, -0.05) is 18.6 Å². The molecule has 7 nitrogen and oxygen atoms in total. The summed E-state index contributed by atoms with van der Waals surface area (Å²) in [5.74, 6) is 0.846. The van der Waals surface area contributed by atoms with Crippen molar-refractivity contribution in [3.63, 3.8) is 0 Å². The molecule has 3 fully saturated rings. The first-order valence-corrected chi connectivity index (χ1v) is 11.0. The lowest BCUT2D eigenvalue weighted by Gasteiger charge is -2.44. The Balaban J connectivity index is 1.21. The van der Waals surface area contributed by atoms with E-state index in [1.165, 1.54) is 45.2 Å². The Morgan fingerprint density at radius 3 is 2.97 bits per heavy atom. The monoisotopic (exact) mass is 395 g/mol. The van der Waals surface area contributed by atoms with E-state index in [4.69, 9.17) is 0 Å². The van der Waals surface area contributed by atoms with E-state index in [1.54, 1.807) is 4.90 Å². The number of piperidine rings is 2. The number of nitrogens with one attached hydrogen (secondary N) is 2. The van der Waals surface area contributed by atoms with Gasteiger partial charge in [-0.05, 0) is 56.8 Å². The van der Waals surface area contributed by atoms with E-state index in [1.807, 2.05) is 24.3 Å². The summed E-state index contributed by atoms with van der Waals surface area (Å²) in [6, 6.07) is 8.38. The van der Waals surface area contributed by atoms with Gasteiger partial charge in [0.25, 0.3) is 0 Å². The molecule has 7 heteroatoms. The number of anilines is 1. The molecule has 0 spiro atoms. The Morgan fingerprint density at radius 1 is 1.17 bits per heavy atom. The van der Waals surface area contributed by atoms with E-state index >= 15 is 0 Å². The van der Waals surface area contributed by atoms with E-state index in [9.17, 15) is 9.59 Å². The first-order valence-electron chi connectivity index (χ1n) is 11.0. The Morgan fingerprint density at radius 2 is 2.03 bits per heavy atom. The topological polar surface area (TPSA) is 81.3 Å². The van der Waals surface area contributed by atoms with Crippen LogP contribution in [0.2, 0.25) is 0 Å². The number of amides is 2. The van der Waals surface area contributed by atoms with Crippen molar-refractivity contribution in [2.24, 2.45) is 11.8 Å². The average molecular weight is 396 g/mol. The summed E-state index contributed by atoms with van der Waals surface area (Å²) in [7, 11) is 0. The SMILES string of the molecule is O=C(NC[C@@H]1CCCN2CCCC[C@H]12)[C@H]1CC(=O)N(c2n[nH]c3ccccc23)C1. The highest BCUT2D eigenvalue weighted by Gasteiger charge is 2.38. The first-order chi connectivity index (χ1) is 14.2. The standard InChI is InChI=1S/C22H29N5O2/c28-20-12-16(14-27(20)21-17-7-1-2-8-18(17)24-25-21)22(29)23-13-15-6-5-11-26-10-4-3-9-19(15)26/h1-2,7-8,15-16,19H,3-6,9-14H2,(H,23,29)(H,24,25)/t15-,16-,19+/m0/s1. The van der Waals surface area contributed by atoms with Crippen LogP contribution in [0, 0.1) is 11.8 Å². The van der Waals surface area contributed by atoms with Gasteiger partial charge in [-0.2, -0.15) is 5.10 Å². The van der Waals surface area contributed by atoms with Crippen molar-refractivity contribution in [2.45, 2.75) is 44.6 Å². The lowest BCUT2D eigenvalue weighted by Crippen LogP contribution is -2.51. The third-order valence-corrected chi connectivity index (χ3v) is 6.97. The highest BCUT2D eigenvalue weighted by Crippen LogP contribution is 2.32. The summed E-state index contributed by atoms with van der Waals surface area (Å²) >= 11 is 0. The quantitative estimate of drug-likeness (QED) is 0.832. The second kappa shape index (κ2) is 7.78. The molecule has 154 valence electrons. The van der Waals surface area contributed by atoms with Crippen molar-refractivity contribution in [1.82, 2.24) is 20.4 Å². The molecule has 5 rings (SSSR count). The van der Waals surface area contributed by atoms with E-state index in [2.05, 4.69) is 20.4 Å². The van der Waals surface area contributed by atoms with E-state index in [0.717, 1.165) is 17.4 Å². The molecule has 1 aromatic carbocycles. The van der Waals surface area contributed by atoms with E-state index in [-0.39, 0.29) is 24.2 Å². The molecule has 0 aliphatic carbocycles. The number of benzene rings is 1. The highest BCUT2D eigenvalue weighted by molar-refractivity contribution is 6.05. The Kier molecular flexibility index (Phi) is 4.99. The molecule has 0 saturated carbocycles. The largest absolute Gasteiger partial charge is 0.355 e. The molecule has 3 aliphatic heterocycles. The maximum Gasteiger partial charge on any atom is 0.229 e. The zero-order chi connectivity index (χ0) is 19.8. The minimum absolute atomic E-state index is 0.00799. The molecule has 3 atom stereocenters. The zero-order valence-electron chi connectivity index (χ0n) is 16.8. The van der Waals surface area contributed by atoms with Crippen molar-refractivity contribution >= 4 is 28.5 Å². The van der Waals surface area contributed by atoms with Crippen LogP contribution < -0.4 is 10.2 Å². The number of fused-ring (bicyclic) bond motifs is 2. The minimum atomic E-state index is -0.302. The number of carbonyl (C=O) groups is 2. The Hall–Kier alpha value is -2.41. The summed E-state index contributed by atoms with van der Waals surface area (Å²) in [5, 5.41) is 11.4. The number of H-pyrrole nitrogens is 1. The van der Waals surface area contributed by atoms with Crippen LogP contribution >= 0.6 is 0 Å². The summed E-state index contributed by atoms with van der Waals surface area (Å²) in [6.07, 6.45) is 6.53. The lowest BCUT2D eigenvalue weighted by atomic mass is 9.83. The molecule has 2 amide bonds. The molecule has 4 heterocycles. The van der Waals surface area contributed by atoms with Crippen LogP contribution in [-0.4, -0.2) is 59.1 Å². The molecule has 2 N–H and O–H groups in total. The van der Waals surface area contributed by atoms with Crippen molar-refractivity contribution in [2.75, 3.05) is 31.1 Å². The summed E-state index contributed by atoms with van der Waals surface area (Å²) in [4.78, 5) is 29.7.